The Morgan fingerprint density at radius 2 is 1.73 bits per heavy atom. The van der Waals surface area contributed by atoms with Crippen molar-refractivity contribution in [1.29, 1.82) is 0 Å². The molecule has 0 bridgehead atoms. The lowest BCUT2D eigenvalue weighted by molar-refractivity contribution is -0.534. The average molecular weight is 444 g/mol. The second-order valence-corrected chi connectivity index (χ2v) is 13.1. The highest BCUT2D eigenvalue weighted by molar-refractivity contribution is 8.14. The standard InChI is InChI=1S/C26H39N2S2/c1-17-8-10-21-23(12-17)29-25(27(21)3)15-19-6-5-7-20(14-19)16-26-28(4)22-11-9-18(2)13-24(22)30-26/h14-18,21-24H,5-13H2,1-4H3/q+1. The molecule has 30 heavy (non-hydrogen) atoms. The Hall–Kier alpha value is -0.610. The summed E-state index contributed by atoms with van der Waals surface area (Å²) in [5.41, 5.74) is 3.09. The summed E-state index contributed by atoms with van der Waals surface area (Å²) in [6, 6.07) is 1.53. The summed E-state index contributed by atoms with van der Waals surface area (Å²) < 4.78 is 2.60. The van der Waals surface area contributed by atoms with E-state index in [1.165, 1.54) is 67.9 Å². The van der Waals surface area contributed by atoms with Crippen LogP contribution in [0.3, 0.4) is 0 Å². The Morgan fingerprint density at radius 1 is 0.967 bits per heavy atom. The molecule has 3 aliphatic carbocycles. The summed E-state index contributed by atoms with van der Waals surface area (Å²) in [6.07, 6.45) is 19.7. The third kappa shape index (κ3) is 4.20. The van der Waals surface area contributed by atoms with Crippen LogP contribution in [0.15, 0.2) is 34.4 Å². The van der Waals surface area contributed by atoms with Crippen LogP contribution in [0.4, 0.5) is 0 Å². The quantitative estimate of drug-likeness (QED) is 0.453. The molecule has 2 heterocycles. The number of hydrogen-bond acceptors (Lipinski definition) is 3. The zero-order chi connectivity index (χ0) is 20.8. The Morgan fingerprint density at radius 3 is 2.57 bits per heavy atom. The highest BCUT2D eigenvalue weighted by Gasteiger charge is 2.43. The van der Waals surface area contributed by atoms with Gasteiger partial charge in [-0.15, -0.1) is 11.8 Å². The first-order chi connectivity index (χ1) is 14.5. The number of hydrogen-bond donors (Lipinski definition) is 0. The molecule has 0 aromatic carbocycles. The third-order valence-corrected chi connectivity index (χ3v) is 11.1. The summed E-state index contributed by atoms with van der Waals surface area (Å²) in [5, 5.41) is 4.67. The smallest absolute Gasteiger partial charge is 0.235 e. The molecule has 0 spiro atoms. The number of thioether (sulfide) groups is 2. The minimum Gasteiger partial charge on any atom is -0.365 e. The van der Waals surface area contributed by atoms with E-state index in [2.05, 4.69) is 79.2 Å². The molecular formula is C26H39N2S2+. The molecule has 2 saturated carbocycles. The lowest BCUT2D eigenvalue weighted by Crippen LogP contribution is -2.36. The van der Waals surface area contributed by atoms with Crippen molar-refractivity contribution in [2.45, 2.75) is 94.2 Å². The zero-order valence-electron chi connectivity index (χ0n) is 19.3. The fourth-order valence-electron chi connectivity index (χ4n) is 6.26. The first-order valence-electron chi connectivity index (χ1n) is 12.3. The summed E-state index contributed by atoms with van der Waals surface area (Å²) >= 11 is 4.31. The summed E-state index contributed by atoms with van der Waals surface area (Å²) in [6.45, 7) is 4.87. The minimum absolute atomic E-state index is 0.765. The van der Waals surface area contributed by atoms with E-state index in [4.69, 9.17) is 0 Å². The van der Waals surface area contributed by atoms with Gasteiger partial charge in [-0.05, 0) is 92.2 Å². The van der Waals surface area contributed by atoms with Crippen LogP contribution in [0.25, 0.3) is 0 Å². The normalized spacial score (nSPS) is 42.0. The highest BCUT2D eigenvalue weighted by atomic mass is 32.2. The Kier molecular flexibility index (Phi) is 6.18. The molecular weight excluding hydrogens is 404 g/mol. The Bertz CT molecular complexity index is 808. The van der Waals surface area contributed by atoms with Gasteiger partial charge < -0.3 is 4.90 Å². The van der Waals surface area contributed by atoms with Crippen LogP contribution < -0.4 is 0 Å². The van der Waals surface area contributed by atoms with Gasteiger partial charge in [0.15, 0.2) is 6.04 Å². The minimum atomic E-state index is 0.765. The molecule has 5 aliphatic rings. The van der Waals surface area contributed by atoms with Crippen molar-refractivity contribution in [3.05, 3.63) is 34.4 Å². The largest absolute Gasteiger partial charge is 0.365 e. The molecule has 164 valence electrons. The zero-order valence-corrected chi connectivity index (χ0v) is 20.9. The van der Waals surface area contributed by atoms with Gasteiger partial charge in [-0.3, -0.25) is 0 Å². The number of rotatable bonds is 2. The molecule has 6 unspecified atom stereocenters. The second-order valence-electron chi connectivity index (χ2n) is 10.6. The van der Waals surface area contributed by atoms with Crippen molar-refractivity contribution in [3.63, 3.8) is 0 Å². The molecule has 5 rings (SSSR count). The van der Waals surface area contributed by atoms with Crippen LogP contribution in [0, 0.1) is 11.8 Å². The molecule has 4 heteroatoms. The number of allylic oxidation sites excluding steroid dienone is 4. The van der Waals surface area contributed by atoms with Gasteiger partial charge in [-0.2, -0.15) is 0 Å². The van der Waals surface area contributed by atoms with Gasteiger partial charge in [-0.1, -0.05) is 19.9 Å². The fourth-order valence-corrected chi connectivity index (χ4v) is 9.73. The van der Waals surface area contributed by atoms with Crippen molar-refractivity contribution in [1.82, 2.24) is 4.90 Å². The van der Waals surface area contributed by atoms with Crippen molar-refractivity contribution < 1.29 is 4.58 Å². The predicted molar refractivity (Wildman–Crippen MR) is 133 cm³/mol. The lowest BCUT2D eigenvalue weighted by Gasteiger charge is -2.32. The molecule has 6 atom stereocenters. The van der Waals surface area contributed by atoms with E-state index >= 15 is 0 Å². The van der Waals surface area contributed by atoms with Gasteiger partial charge >= 0.3 is 0 Å². The molecule has 0 amide bonds. The molecule has 2 nitrogen and oxygen atoms in total. The molecule has 0 radical (unpaired) electrons. The van der Waals surface area contributed by atoms with Crippen LogP contribution in [-0.4, -0.2) is 51.2 Å². The monoisotopic (exact) mass is 443 g/mol. The van der Waals surface area contributed by atoms with E-state index in [1.807, 2.05) is 0 Å². The fraction of sp³-hybridized carbons (Fsp3) is 0.731. The van der Waals surface area contributed by atoms with Crippen molar-refractivity contribution in [2.24, 2.45) is 11.8 Å². The van der Waals surface area contributed by atoms with Crippen molar-refractivity contribution in [3.8, 4) is 0 Å². The number of fused-ring (bicyclic) bond motifs is 2. The molecule has 3 fully saturated rings. The van der Waals surface area contributed by atoms with E-state index in [0.717, 1.165) is 34.4 Å². The molecule has 0 N–H and O–H groups in total. The molecule has 1 saturated heterocycles. The Balaban J connectivity index is 1.33. The van der Waals surface area contributed by atoms with E-state index in [1.54, 1.807) is 11.1 Å². The predicted octanol–water partition coefficient (Wildman–Crippen LogP) is 6.45. The maximum atomic E-state index is 2.60. The Labute approximate surface area is 192 Å². The second kappa shape index (κ2) is 8.73. The molecule has 0 aromatic rings. The van der Waals surface area contributed by atoms with Gasteiger partial charge in [0.25, 0.3) is 0 Å². The summed E-state index contributed by atoms with van der Waals surface area (Å²) in [5.74, 6) is 1.80. The number of nitrogens with zero attached hydrogens (tertiary/aromatic N) is 2. The van der Waals surface area contributed by atoms with E-state index < -0.39 is 0 Å². The third-order valence-electron chi connectivity index (χ3n) is 8.19. The van der Waals surface area contributed by atoms with E-state index in [0.29, 0.717) is 0 Å². The summed E-state index contributed by atoms with van der Waals surface area (Å²) in [7, 11) is 4.67. The van der Waals surface area contributed by atoms with Crippen molar-refractivity contribution in [2.75, 3.05) is 14.1 Å². The lowest BCUT2D eigenvalue weighted by atomic mass is 9.86. The maximum absolute atomic E-state index is 2.60. The SMILES string of the molecule is CC1CCC2C(C1)S/C(=C\C1=CC(=C/C3=[N+](C)C4CCC(C)CC4S3)/CCC1)N2C. The highest BCUT2D eigenvalue weighted by Crippen LogP contribution is 2.47. The maximum Gasteiger partial charge on any atom is 0.235 e. The van der Waals surface area contributed by atoms with Crippen LogP contribution in [0.1, 0.15) is 71.6 Å². The van der Waals surface area contributed by atoms with E-state index in [9.17, 15) is 0 Å². The van der Waals surface area contributed by atoms with Crippen LogP contribution >= 0.6 is 23.5 Å². The summed E-state index contributed by atoms with van der Waals surface area (Å²) in [4.78, 5) is 2.60. The molecule has 2 aliphatic heterocycles. The topological polar surface area (TPSA) is 6.25 Å². The first-order valence-corrected chi connectivity index (χ1v) is 14.0. The average Bonchev–Trinajstić information content (AvgIpc) is 3.18. The van der Waals surface area contributed by atoms with Crippen LogP contribution in [0.2, 0.25) is 0 Å². The first kappa shape index (κ1) is 21.2. The van der Waals surface area contributed by atoms with Gasteiger partial charge in [-0.25, -0.2) is 4.58 Å². The van der Waals surface area contributed by atoms with Gasteiger partial charge in [0, 0.05) is 30.8 Å². The molecule has 0 aromatic heterocycles. The van der Waals surface area contributed by atoms with Crippen LogP contribution in [0.5, 0.6) is 0 Å². The van der Waals surface area contributed by atoms with Crippen LogP contribution in [-0.2, 0) is 0 Å². The van der Waals surface area contributed by atoms with E-state index in [-0.39, 0.29) is 0 Å². The van der Waals surface area contributed by atoms with Gasteiger partial charge in [0.1, 0.15) is 7.05 Å². The van der Waals surface area contributed by atoms with Gasteiger partial charge in [0.2, 0.25) is 5.04 Å². The van der Waals surface area contributed by atoms with Gasteiger partial charge in [0.05, 0.1) is 10.3 Å². The van der Waals surface area contributed by atoms with Crippen molar-refractivity contribution >= 4 is 28.6 Å².